The van der Waals surface area contributed by atoms with Crippen molar-refractivity contribution in [2.45, 2.75) is 20.4 Å². The standard InChI is InChI=1S/C19H20N2O2/c1-3-21(16-9-6-7-14(2)11-16)18(22)13-20-12-15-8-4-5-10-17(15)19(20)23/h4-11H,3,12-13H2,1-2H3. The molecular weight excluding hydrogens is 288 g/mol. The van der Waals surface area contributed by atoms with E-state index in [-0.39, 0.29) is 18.4 Å². The molecule has 0 radical (unpaired) electrons. The van der Waals surface area contributed by atoms with E-state index < -0.39 is 0 Å². The predicted octanol–water partition coefficient (Wildman–Crippen LogP) is 3.00. The van der Waals surface area contributed by atoms with E-state index in [1.165, 1.54) is 0 Å². The van der Waals surface area contributed by atoms with Gasteiger partial charge in [0, 0.05) is 24.3 Å². The maximum absolute atomic E-state index is 12.7. The Kier molecular flexibility index (Phi) is 4.15. The number of benzene rings is 2. The van der Waals surface area contributed by atoms with E-state index in [9.17, 15) is 9.59 Å². The molecule has 0 spiro atoms. The molecule has 1 heterocycles. The summed E-state index contributed by atoms with van der Waals surface area (Å²) in [4.78, 5) is 28.4. The van der Waals surface area contributed by atoms with Gasteiger partial charge in [-0.05, 0) is 43.2 Å². The molecule has 0 unspecified atom stereocenters. The van der Waals surface area contributed by atoms with Crippen LogP contribution in [-0.4, -0.2) is 29.8 Å². The number of aryl methyl sites for hydroxylation is 1. The molecule has 0 saturated carbocycles. The lowest BCUT2D eigenvalue weighted by Crippen LogP contribution is -2.40. The van der Waals surface area contributed by atoms with E-state index >= 15 is 0 Å². The second-order valence-corrected chi connectivity index (χ2v) is 5.80. The molecule has 118 valence electrons. The summed E-state index contributed by atoms with van der Waals surface area (Å²) in [6, 6.07) is 15.4. The molecule has 0 aliphatic carbocycles. The van der Waals surface area contributed by atoms with Crippen LogP contribution in [0.4, 0.5) is 5.69 Å². The fourth-order valence-electron chi connectivity index (χ4n) is 2.99. The van der Waals surface area contributed by atoms with Crippen LogP contribution >= 0.6 is 0 Å². The van der Waals surface area contributed by atoms with Crippen LogP contribution in [0.25, 0.3) is 0 Å². The maximum Gasteiger partial charge on any atom is 0.254 e. The van der Waals surface area contributed by atoms with Crippen molar-refractivity contribution in [1.82, 2.24) is 4.90 Å². The Hall–Kier alpha value is -2.62. The average Bonchev–Trinajstić information content (AvgIpc) is 2.85. The van der Waals surface area contributed by atoms with Crippen molar-refractivity contribution in [1.29, 1.82) is 0 Å². The van der Waals surface area contributed by atoms with Crippen molar-refractivity contribution >= 4 is 17.5 Å². The zero-order valence-electron chi connectivity index (χ0n) is 13.5. The first kappa shape index (κ1) is 15.3. The highest BCUT2D eigenvalue weighted by Gasteiger charge is 2.29. The number of carbonyl (C=O) groups is 2. The SMILES string of the molecule is CCN(C(=O)CN1Cc2ccccc2C1=O)c1cccc(C)c1. The fraction of sp³-hybridized carbons (Fsp3) is 0.263. The zero-order valence-corrected chi connectivity index (χ0v) is 13.5. The van der Waals surface area contributed by atoms with Gasteiger partial charge in [0.15, 0.2) is 0 Å². The normalized spacial score (nSPS) is 13.1. The van der Waals surface area contributed by atoms with Crippen molar-refractivity contribution in [3.8, 4) is 0 Å². The minimum Gasteiger partial charge on any atom is -0.325 e. The van der Waals surface area contributed by atoms with Crippen molar-refractivity contribution in [2.24, 2.45) is 0 Å². The van der Waals surface area contributed by atoms with Crippen LogP contribution in [0.15, 0.2) is 48.5 Å². The van der Waals surface area contributed by atoms with E-state index in [1.54, 1.807) is 9.80 Å². The molecule has 2 amide bonds. The Labute approximate surface area is 136 Å². The van der Waals surface area contributed by atoms with Crippen LogP contribution in [0.1, 0.15) is 28.4 Å². The molecule has 0 atom stereocenters. The number of likely N-dealkylation sites (N-methyl/N-ethyl adjacent to an activating group) is 1. The van der Waals surface area contributed by atoms with Gasteiger partial charge in [0.05, 0.1) is 0 Å². The van der Waals surface area contributed by atoms with E-state index in [1.807, 2.05) is 62.4 Å². The Balaban J connectivity index is 1.75. The number of hydrogen-bond donors (Lipinski definition) is 0. The highest BCUT2D eigenvalue weighted by molar-refractivity contribution is 6.02. The fourth-order valence-corrected chi connectivity index (χ4v) is 2.99. The van der Waals surface area contributed by atoms with E-state index in [0.717, 1.165) is 16.8 Å². The molecule has 1 aliphatic rings. The summed E-state index contributed by atoms with van der Waals surface area (Å²) in [7, 11) is 0. The molecular formula is C19H20N2O2. The predicted molar refractivity (Wildman–Crippen MR) is 90.4 cm³/mol. The summed E-state index contributed by atoms with van der Waals surface area (Å²) < 4.78 is 0. The Morgan fingerprint density at radius 1 is 1.17 bits per heavy atom. The topological polar surface area (TPSA) is 40.6 Å². The molecule has 0 aromatic heterocycles. The lowest BCUT2D eigenvalue weighted by atomic mass is 10.1. The minimum atomic E-state index is -0.0609. The third kappa shape index (κ3) is 2.97. The Bertz CT molecular complexity index is 755. The maximum atomic E-state index is 12.7. The molecule has 4 heteroatoms. The van der Waals surface area contributed by atoms with Crippen LogP contribution in [0.5, 0.6) is 0 Å². The number of nitrogens with zero attached hydrogens (tertiary/aromatic N) is 2. The first-order valence-electron chi connectivity index (χ1n) is 7.84. The van der Waals surface area contributed by atoms with Crippen molar-refractivity contribution < 1.29 is 9.59 Å². The lowest BCUT2D eigenvalue weighted by Gasteiger charge is -2.24. The molecule has 0 N–H and O–H groups in total. The summed E-state index contributed by atoms with van der Waals surface area (Å²) in [5.74, 6) is -0.117. The van der Waals surface area contributed by atoms with Crippen molar-refractivity contribution in [2.75, 3.05) is 18.0 Å². The number of rotatable bonds is 4. The molecule has 1 aliphatic heterocycles. The van der Waals surface area contributed by atoms with E-state index in [2.05, 4.69) is 0 Å². The number of amides is 2. The van der Waals surface area contributed by atoms with Gasteiger partial charge in [-0.25, -0.2) is 0 Å². The number of anilines is 1. The van der Waals surface area contributed by atoms with Crippen molar-refractivity contribution in [3.05, 3.63) is 65.2 Å². The van der Waals surface area contributed by atoms with Gasteiger partial charge in [-0.3, -0.25) is 9.59 Å². The first-order valence-corrected chi connectivity index (χ1v) is 7.84. The summed E-state index contributed by atoms with van der Waals surface area (Å²) in [5.41, 5.74) is 3.68. The van der Waals surface area contributed by atoms with Gasteiger partial charge in [0.1, 0.15) is 6.54 Å². The number of hydrogen-bond acceptors (Lipinski definition) is 2. The monoisotopic (exact) mass is 308 g/mol. The quantitative estimate of drug-likeness (QED) is 0.871. The third-order valence-electron chi connectivity index (χ3n) is 4.15. The number of fused-ring (bicyclic) bond motifs is 1. The summed E-state index contributed by atoms with van der Waals surface area (Å²) in [6.45, 7) is 5.14. The van der Waals surface area contributed by atoms with E-state index in [0.29, 0.717) is 18.7 Å². The van der Waals surface area contributed by atoms with Crippen LogP contribution < -0.4 is 4.90 Å². The number of carbonyl (C=O) groups excluding carboxylic acids is 2. The summed E-state index contributed by atoms with van der Waals surface area (Å²) in [6.07, 6.45) is 0. The second kappa shape index (κ2) is 6.24. The van der Waals surface area contributed by atoms with Gasteiger partial charge >= 0.3 is 0 Å². The molecule has 2 aromatic carbocycles. The summed E-state index contributed by atoms with van der Waals surface area (Å²) >= 11 is 0. The van der Waals surface area contributed by atoms with Crippen molar-refractivity contribution in [3.63, 3.8) is 0 Å². The zero-order chi connectivity index (χ0) is 16.4. The average molecular weight is 308 g/mol. The van der Waals surface area contributed by atoms with Crippen LogP contribution in [0, 0.1) is 6.92 Å². The van der Waals surface area contributed by atoms with Gasteiger partial charge in [-0.15, -0.1) is 0 Å². The van der Waals surface area contributed by atoms with E-state index in [4.69, 9.17) is 0 Å². The smallest absolute Gasteiger partial charge is 0.254 e. The van der Waals surface area contributed by atoms with Crippen LogP contribution in [0.3, 0.4) is 0 Å². The summed E-state index contributed by atoms with van der Waals surface area (Å²) in [5, 5.41) is 0. The highest BCUT2D eigenvalue weighted by atomic mass is 16.2. The van der Waals surface area contributed by atoms with Gasteiger partial charge in [0.2, 0.25) is 5.91 Å². The van der Waals surface area contributed by atoms with Crippen LogP contribution in [-0.2, 0) is 11.3 Å². The molecule has 0 saturated heterocycles. The Morgan fingerprint density at radius 3 is 2.65 bits per heavy atom. The molecule has 3 rings (SSSR count). The molecule has 23 heavy (non-hydrogen) atoms. The van der Waals surface area contributed by atoms with Gasteiger partial charge in [-0.2, -0.15) is 0 Å². The largest absolute Gasteiger partial charge is 0.325 e. The molecule has 4 nitrogen and oxygen atoms in total. The van der Waals surface area contributed by atoms with Gasteiger partial charge in [-0.1, -0.05) is 30.3 Å². The molecule has 2 aromatic rings. The van der Waals surface area contributed by atoms with Gasteiger partial charge in [0.25, 0.3) is 5.91 Å². The lowest BCUT2D eigenvalue weighted by molar-refractivity contribution is -0.119. The highest BCUT2D eigenvalue weighted by Crippen LogP contribution is 2.23. The van der Waals surface area contributed by atoms with Crippen LogP contribution in [0.2, 0.25) is 0 Å². The Morgan fingerprint density at radius 2 is 1.96 bits per heavy atom. The second-order valence-electron chi connectivity index (χ2n) is 5.80. The molecule has 0 bridgehead atoms. The van der Waals surface area contributed by atoms with Gasteiger partial charge < -0.3 is 9.80 Å². The minimum absolute atomic E-state index is 0.0562. The first-order chi connectivity index (χ1) is 11.1. The molecule has 0 fully saturated rings. The third-order valence-corrected chi connectivity index (χ3v) is 4.15.